The average molecular weight is 447 g/mol. The average Bonchev–Trinajstić information content (AvgIpc) is 3.20. The van der Waals surface area contributed by atoms with Gasteiger partial charge in [-0.3, -0.25) is 9.36 Å². The van der Waals surface area contributed by atoms with Crippen molar-refractivity contribution in [1.82, 2.24) is 4.57 Å². The number of para-hydroxylation sites is 1. The molecule has 1 aliphatic rings. The Labute approximate surface area is 184 Å². The normalized spacial score (nSPS) is 15.4. The van der Waals surface area contributed by atoms with Crippen LogP contribution in [0, 0.1) is 0 Å². The van der Waals surface area contributed by atoms with Gasteiger partial charge in [0.05, 0.1) is 12.2 Å². The molecule has 152 valence electrons. The van der Waals surface area contributed by atoms with Gasteiger partial charge < -0.3 is 23.0 Å². The Kier molecular flexibility index (Phi) is 6.85. The first kappa shape index (κ1) is 21.6. The van der Waals surface area contributed by atoms with Crippen LogP contribution in [-0.4, -0.2) is 18.2 Å². The number of nitrogens with two attached hydrogens (primary N) is 1. The summed E-state index contributed by atoms with van der Waals surface area (Å²) >= 11 is 3.22. The van der Waals surface area contributed by atoms with E-state index in [1.807, 2.05) is 49.0 Å². The number of thiazole rings is 1. The molecule has 0 fully saturated rings. The molecule has 0 spiro atoms. The van der Waals surface area contributed by atoms with Crippen LogP contribution < -0.4 is 42.4 Å². The van der Waals surface area contributed by atoms with Gasteiger partial charge in [0, 0.05) is 36.7 Å². The van der Waals surface area contributed by atoms with Crippen LogP contribution in [0.5, 0.6) is 0 Å². The number of benzene rings is 1. The number of pyridine rings is 1. The zero-order chi connectivity index (χ0) is 19.7. The van der Waals surface area contributed by atoms with Gasteiger partial charge >= 0.3 is 0 Å². The Morgan fingerprint density at radius 2 is 1.93 bits per heavy atom. The number of hydrogen-bond donors (Lipinski definition) is 1. The number of rotatable bonds is 4. The SMILES string of the molecule is CCn1c(=O)/c(=C2\Sc3ccccc3N2C)s/c1=C\c1cccc[n+]1CCN.[Cl-]. The van der Waals surface area contributed by atoms with Gasteiger partial charge in [-0.25, -0.2) is 0 Å². The lowest BCUT2D eigenvalue weighted by Gasteiger charge is -2.11. The molecule has 3 heterocycles. The van der Waals surface area contributed by atoms with Gasteiger partial charge in [-0.15, -0.1) is 11.3 Å². The fourth-order valence-corrected chi connectivity index (χ4v) is 5.82. The molecule has 29 heavy (non-hydrogen) atoms. The van der Waals surface area contributed by atoms with Crippen LogP contribution in [0.2, 0.25) is 0 Å². The smallest absolute Gasteiger partial charge is 0.271 e. The van der Waals surface area contributed by atoms with E-state index in [1.165, 1.54) is 4.90 Å². The van der Waals surface area contributed by atoms with E-state index in [0.29, 0.717) is 13.1 Å². The molecule has 0 saturated carbocycles. The largest absolute Gasteiger partial charge is 1.00 e. The molecular weight excluding hydrogens is 424 g/mol. The molecule has 2 aromatic heterocycles. The number of anilines is 1. The molecule has 2 N–H and O–H groups in total. The molecule has 0 atom stereocenters. The second-order valence-corrected chi connectivity index (χ2v) is 8.57. The number of fused-ring (bicyclic) bond motifs is 1. The summed E-state index contributed by atoms with van der Waals surface area (Å²) in [6, 6.07) is 14.3. The zero-order valence-corrected chi connectivity index (χ0v) is 18.7. The molecule has 8 heteroatoms. The van der Waals surface area contributed by atoms with E-state index in [0.717, 1.165) is 32.2 Å². The quantitative estimate of drug-likeness (QED) is 0.486. The number of hydrogen-bond acceptors (Lipinski definition) is 5. The van der Waals surface area contributed by atoms with Crippen LogP contribution in [-0.2, 0) is 13.1 Å². The van der Waals surface area contributed by atoms with Gasteiger partial charge in [-0.1, -0.05) is 23.9 Å². The summed E-state index contributed by atoms with van der Waals surface area (Å²) in [5, 5.41) is 1.00. The maximum atomic E-state index is 13.2. The highest BCUT2D eigenvalue weighted by atomic mass is 35.5. The second-order valence-electron chi connectivity index (χ2n) is 6.50. The molecule has 4 rings (SSSR count). The fraction of sp³-hybridized carbons (Fsp3) is 0.238. The highest BCUT2D eigenvalue weighted by Crippen LogP contribution is 2.44. The van der Waals surface area contributed by atoms with E-state index in [2.05, 4.69) is 33.7 Å². The van der Waals surface area contributed by atoms with Crippen molar-refractivity contribution < 1.29 is 17.0 Å². The summed E-state index contributed by atoms with van der Waals surface area (Å²) in [6.45, 7) is 3.97. The lowest BCUT2D eigenvalue weighted by Crippen LogP contribution is -3.00. The topological polar surface area (TPSA) is 55.1 Å². The second kappa shape index (κ2) is 9.17. The molecule has 0 aliphatic carbocycles. The Bertz CT molecular complexity index is 1200. The van der Waals surface area contributed by atoms with Gasteiger partial charge in [-0.05, 0) is 25.1 Å². The summed E-state index contributed by atoms with van der Waals surface area (Å²) in [5.41, 5.74) is 8.01. The number of halogens is 1. The third kappa shape index (κ3) is 4.00. The molecule has 3 aromatic rings. The van der Waals surface area contributed by atoms with E-state index in [1.54, 1.807) is 23.1 Å². The minimum Gasteiger partial charge on any atom is -1.00 e. The summed E-state index contributed by atoms with van der Waals surface area (Å²) in [7, 11) is 2.03. The van der Waals surface area contributed by atoms with Crippen molar-refractivity contribution in [2.24, 2.45) is 5.73 Å². The predicted octanol–water partition coefficient (Wildman–Crippen LogP) is -1.68. The summed E-state index contributed by atoms with van der Waals surface area (Å²) in [5.74, 6) is 0. The third-order valence-electron chi connectivity index (χ3n) is 4.78. The van der Waals surface area contributed by atoms with Crippen LogP contribution in [0.15, 0.2) is 58.4 Å². The molecule has 1 aromatic carbocycles. The van der Waals surface area contributed by atoms with Crippen LogP contribution >= 0.6 is 23.1 Å². The molecule has 0 radical (unpaired) electrons. The van der Waals surface area contributed by atoms with Crippen molar-refractivity contribution in [3.63, 3.8) is 0 Å². The lowest BCUT2D eigenvalue weighted by atomic mass is 10.3. The molecule has 0 bridgehead atoms. The summed E-state index contributed by atoms with van der Waals surface area (Å²) in [6.07, 6.45) is 4.11. The minimum absolute atomic E-state index is 0. The van der Waals surface area contributed by atoms with Crippen molar-refractivity contribution in [1.29, 1.82) is 0 Å². The first-order chi connectivity index (χ1) is 13.6. The zero-order valence-electron chi connectivity index (χ0n) is 16.3. The van der Waals surface area contributed by atoms with Crippen LogP contribution in [0.1, 0.15) is 12.6 Å². The Morgan fingerprint density at radius 3 is 2.66 bits per heavy atom. The molecule has 0 unspecified atom stereocenters. The number of thioether (sulfide) groups is 1. The Balaban J connectivity index is 0.00000240. The first-order valence-electron chi connectivity index (χ1n) is 9.29. The maximum Gasteiger partial charge on any atom is 0.271 e. The van der Waals surface area contributed by atoms with Gasteiger partial charge in [0.15, 0.2) is 12.7 Å². The van der Waals surface area contributed by atoms with Crippen molar-refractivity contribution >= 4 is 39.9 Å². The van der Waals surface area contributed by atoms with Gasteiger partial charge in [-0.2, -0.15) is 4.57 Å². The predicted molar refractivity (Wildman–Crippen MR) is 117 cm³/mol. The van der Waals surface area contributed by atoms with E-state index >= 15 is 0 Å². The molecule has 0 saturated heterocycles. The van der Waals surface area contributed by atoms with Crippen LogP contribution in [0.4, 0.5) is 5.69 Å². The summed E-state index contributed by atoms with van der Waals surface area (Å²) < 4.78 is 5.71. The third-order valence-corrected chi connectivity index (χ3v) is 7.26. The lowest BCUT2D eigenvalue weighted by molar-refractivity contribution is -0.696. The van der Waals surface area contributed by atoms with E-state index in [-0.39, 0.29) is 18.0 Å². The highest BCUT2D eigenvalue weighted by Gasteiger charge is 2.24. The van der Waals surface area contributed by atoms with Crippen molar-refractivity contribution in [2.45, 2.75) is 24.9 Å². The van der Waals surface area contributed by atoms with E-state index in [4.69, 9.17) is 5.73 Å². The first-order valence-corrected chi connectivity index (χ1v) is 10.9. The van der Waals surface area contributed by atoms with Crippen molar-refractivity contribution in [2.75, 3.05) is 18.5 Å². The van der Waals surface area contributed by atoms with E-state index < -0.39 is 0 Å². The van der Waals surface area contributed by atoms with Crippen molar-refractivity contribution in [3.05, 3.63) is 73.9 Å². The Morgan fingerprint density at radius 1 is 1.17 bits per heavy atom. The van der Waals surface area contributed by atoms with E-state index in [9.17, 15) is 4.79 Å². The number of aromatic nitrogens is 2. The van der Waals surface area contributed by atoms with Crippen molar-refractivity contribution in [3.8, 4) is 0 Å². The fourth-order valence-electron chi connectivity index (χ4n) is 3.36. The Hall–Kier alpha value is -2.06. The number of nitrogens with zero attached hydrogens (tertiary/aromatic N) is 3. The van der Waals surface area contributed by atoms with Gasteiger partial charge in [0.25, 0.3) is 5.56 Å². The minimum atomic E-state index is 0. The maximum absolute atomic E-state index is 13.2. The van der Waals surface area contributed by atoms with Crippen LogP contribution in [0.3, 0.4) is 0 Å². The van der Waals surface area contributed by atoms with Crippen LogP contribution in [0.25, 0.3) is 11.1 Å². The molecule has 0 amide bonds. The molecule has 5 nitrogen and oxygen atoms in total. The standard InChI is InChI=1S/C21H23N4OS2.ClH/c1-3-25-18(14-15-8-6-7-12-24(15)13-11-22)28-19(20(25)26)21-23(2)16-9-4-5-10-17(16)27-21;/h4-10,12,14H,3,11,13,22H2,1-2H3;1H/q+1;/p-1/b21-19+;. The molecular formula is C21H23ClN4OS2. The summed E-state index contributed by atoms with van der Waals surface area (Å²) in [4.78, 5) is 16.5. The molecule has 1 aliphatic heterocycles. The van der Waals surface area contributed by atoms with Gasteiger partial charge in [0.1, 0.15) is 14.2 Å². The monoisotopic (exact) mass is 446 g/mol. The highest BCUT2D eigenvalue weighted by molar-refractivity contribution is 8.08. The van der Waals surface area contributed by atoms with Gasteiger partial charge in [0.2, 0.25) is 5.69 Å².